The molecule has 2 fully saturated rings. The topological polar surface area (TPSA) is 84.2 Å². The highest BCUT2D eigenvalue weighted by Crippen LogP contribution is 2.33. The summed E-state index contributed by atoms with van der Waals surface area (Å²) in [5.74, 6) is -3.65. The number of carbonyl (C=O) groups excluding carboxylic acids is 2. The molecule has 0 N–H and O–H groups in total. The number of alkyl halides is 2. The van der Waals surface area contributed by atoms with Crippen LogP contribution < -0.4 is 0 Å². The molecular formula is C18H20F2N6O2. The number of nitrogens with zero attached hydrogens (tertiary/aromatic N) is 6. The van der Waals surface area contributed by atoms with E-state index in [9.17, 15) is 18.4 Å². The number of hydrogen-bond acceptors (Lipinski definition) is 5. The monoisotopic (exact) mass is 390 g/mol. The molecule has 2 amide bonds. The first kappa shape index (κ1) is 18.5. The Balaban J connectivity index is 1.49. The Kier molecular flexibility index (Phi) is 4.78. The maximum atomic E-state index is 14.0. The zero-order chi connectivity index (χ0) is 19.7. The number of rotatable bonds is 4. The Labute approximate surface area is 160 Å². The number of aromatic nitrogens is 4. The van der Waals surface area contributed by atoms with E-state index in [0.717, 1.165) is 12.8 Å². The smallest absolute Gasteiger partial charge is 0.276 e. The molecule has 148 valence electrons. The molecule has 2 aliphatic heterocycles. The zero-order valence-electron chi connectivity index (χ0n) is 15.2. The molecule has 0 spiro atoms. The van der Waals surface area contributed by atoms with Crippen LogP contribution in [0.15, 0.2) is 30.7 Å². The van der Waals surface area contributed by atoms with Crippen molar-refractivity contribution < 1.29 is 18.4 Å². The molecule has 2 aliphatic rings. The summed E-state index contributed by atoms with van der Waals surface area (Å²) in [5.41, 5.74) is 0.500. The summed E-state index contributed by atoms with van der Waals surface area (Å²) in [5, 5.41) is 7.80. The highest BCUT2D eigenvalue weighted by Gasteiger charge is 2.47. The number of likely N-dealkylation sites (tertiary alicyclic amines) is 2. The second-order valence-electron chi connectivity index (χ2n) is 7.21. The first-order valence-electron chi connectivity index (χ1n) is 9.21. The molecule has 28 heavy (non-hydrogen) atoms. The largest absolute Gasteiger partial charge is 0.337 e. The van der Waals surface area contributed by atoms with Gasteiger partial charge in [-0.3, -0.25) is 14.6 Å². The van der Waals surface area contributed by atoms with Gasteiger partial charge in [0.2, 0.25) is 0 Å². The van der Waals surface area contributed by atoms with Crippen LogP contribution in [0, 0.1) is 0 Å². The molecule has 1 atom stereocenters. The molecule has 4 heterocycles. The van der Waals surface area contributed by atoms with Gasteiger partial charge >= 0.3 is 0 Å². The predicted octanol–water partition coefficient (Wildman–Crippen LogP) is 1.46. The van der Waals surface area contributed by atoms with Crippen LogP contribution in [0.4, 0.5) is 8.78 Å². The van der Waals surface area contributed by atoms with Gasteiger partial charge in [-0.05, 0) is 25.0 Å². The lowest BCUT2D eigenvalue weighted by atomic mass is 10.1. The first-order valence-corrected chi connectivity index (χ1v) is 9.21. The summed E-state index contributed by atoms with van der Waals surface area (Å²) in [4.78, 5) is 31.8. The Morgan fingerprint density at radius 3 is 2.57 bits per heavy atom. The molecule has 10 heteroatoms. The van der Waals surface area contributed by atoms with Crippen molar-refractivity contribution >= 4 is 11.8 Å². The molecule has 0 unspecified atom stereocenters. The van der Waals surface area contributed by atoms with Crippen LogP contribution in [0.1, 0.15) is 40.1 Å². The van der Waals surface area contributed by atoms with Crippen molar-refractivity contribution in [3.8, 4) is 0 Å². The standard InChI is InChI=1S/C18H20F2N6O2/c19-18(20)9-14(26(12-18)16(27)13-3-5-21-6-4-13)10-25-11-15(22-23-25)17(28)24-7-1-2-8-24/h3-6,11,14H,1-2,7-10,12H2/t14-/m0/s1. The molecule has 0 aromatic carbocycles. The molecule has 2 saturated heterocycles. The lowest BCUT2D eigenvalue weighted by Crippen LogP contribution is -2.38. The van der Waals surface area contributed by atoms with Crippen LogP contribution in [-0.4, -0.2) is 73.2 Å². The highest BCUT2D eigenvalue weighted by atomic mass is 19.3. The Hall–Kier alpha value is -2.91. The maximum absolute atomic E-state index is 14.0. The normalized spacial score (nSPS) is 21.3. The molecule has 2 aromatic rings. The molecule has 0 aliphatic carbocycles. The van der Waals surface area contributed by atoms with Crippen LogP contribution in [0.25, 0.3) is 0 Å². The second kappa shape index (κ2) is 7.25. The number of carbonyl (C=O) groups is 2. The van der Waals surface area contributed by atoms with E-state index >= 15 is 0 Å². The van der Waals surface area contributed by atoms with Crippen molar-refractivity contribution in [2.75, 3.05) is 19.6 Å². The quantitative estimate of drug-likeness (QED) is 0.789. The van der Waals surface area contributed by atoms with Gasteiger partial charge in [0.25, 0.3) is 17.7 Å². The SMILES string of the molecule is O=C(c1cn(C[C@@H]2CC(F)(F)CN2C(=O)c2ccncc2)nn1)N1CCCC1. The van der Waals surface area contributed by atoms with Gasteiger partial charge in [0.05, 0.1) is 25.3 Å². The molecule has 0 saturated carbocycles. The predicted molar refractivity (Wildman–Crippen MR) is 93.8 cm³/mol. The minimum Gasteiger partial charge on any atom is -0.337 e. The number of hydrogen-bond donors (Lipinski definition) is 0. The van der Waals surface area contributed by atoms with Crippen LogP contribution >= 0.6 is 0 Å². The molecule has 8 nitrogen and oxygen atoms in total. The molecular weight excluding hydrogens is 370 g/mol. The van der Waals surface area contributed by atoms with Gasteiger partial charge in [0.15, 0.2) is 5.69 Å². The minimum atomic E-state index is -2.97. The van der Waals surface area contributed by atoms with E-state index in [0.29, 0.717) is 18.7 Å². The second-order valence-corrected chi connectivity index (χ2v) is 7.21. The lowest BCUT2D eigenvalue weighted by Gasteiger charge is -2.23. The summed E-state index contributed by atoms with van der Waals surface area (Å²) >= 11 is 0. The minimum absolute atomic E-state index is 0.0483. The third-order valence-corrected chi connectivity index (χ3v) is 5.11. The van der Waals surface area contributed by atoms with E-state index in [1.807, 2.05) is 0 Å². The van der Waals surface area contributed by atoms with Crippen molar-refractivity contribution in [1.82, 2.24) is 29.8 Å². The first-order chi connectivity index (χ1) is 13.4. The van der Waals surface area contributed by atoms with Gasteiger partial charge < -0.3 is 9.80 Å². The van der Waals surface area contributed by atoms with E-state index in [4.69, 9.17) is 0 Å². The van der Waals surface area contributed by atoms with Crippen molar-refractivity contribution in [2.24, 2.45) is 0 Å². The van der Waals surface area contributed by atoms with Gasteiger partial charge in [-0.25, -0.2) is 13.5 Å². The van der Waals surface area contributed by atoms with Crippen molar-refractivity contribution in [3.63, 3.8) is 0 Å². The summed E-state index contributed by atoms with van der Waals surface area (Å²) in [6.45, 7) is 0.781. The summed E-state index contributed by atoms with van der Waals surface area (Å²) < 4.78 is 29.5. The van der Waals surface area contributed by atoms with Crippen molar-refractivity contribution in [3.05, 3.63) is 42.0 Å². The van der Waals surface area contributed by atoms with Crippen LogP contribution in [0.5, 0.6) is 0 Å². The molecule has 0 bridgehead atoms. The van der Waals surface area contributed by atoms with Crippen molar-refractivity contribution in [2.45, 2.75) is 37.8 Å². The van der Waals surface area contributed by atoms with Gasteiger partial charge in [0, 0.05) is 37.5 Å². The average Bonchev–Trinajstić information content (AvgIpc) is 3.42. The third kappa shape index (κ3) is 3.71. The van der Waals surface area contributed by atoms with Gasteiger partial charge in [0.1, 0.15) is 0 Å². The fourth-order valence-electron chi connectivity index (χ4n) is 3.74. The van der Waals surface area contributed by atoms with E-state index in [1.165, 1.54) is 40.3 Å². The molecule has 4 rings (SSSR count). The number of halogens is 2. The third-order valence-electron chi connectivity index (χ3n) is 5.11. The Morgan fingerprint density at radius 1 is 1.14 bits per heavy atom. The van der Waals surface area contributed by atoms with E-state index < -0.39 is 30.8 Å². The number of pyridine rings is 1. The zero-order valence-corrected chi connectivity index (χ0v) is 15.2. The maximum Gasteiger partial charge on any atom is 0.276 e. The molecule has 0 radical (unpaired) electrons. The molecule has 2 aromatic heterocycles. The fourth-order valence-corrected chi connectivity index (χ4v) is 3.74. The van der Waals surface area contributed by atoms with E-state index in [2.05, 4.69) is 15.3 Å². The van der Waals surface area contributed by atoms with Gasteiger partial charge in [-0.2, -0.15) is 0 Å². The van der Waals surface area contributed by atoms with Gasteiger partial charge in [-0.15, -0.1) is 5.10 Å². The van der Waals surface area contributed by atoms with Crippen LogP contribution in [-0.2, 0) is 6.54 Å². The summed E-state index contributed by atoms with van der Waals surface area (Å²) in [6.07, 6.45) is 5.83. The Morgan fingerprint density at radius 2 is 1.86 bits per heavy atom. The van der Waals surface area contributed by atoms with E-state index in [1.54, 1.807) is 4.90 Å². The Bertz CT molecular complexity index is 866. The van der Waals surface area contributed by atoms with E-state index in [-0.39, 0.29) is 18.1 Å². The fraction of sp³-hybridized carbons (Fsp3) is 0.500. The average molecular weight is 390 g/mol. The van der Waals surface area contributed by atoms with Crippen LogP contribution in [0.2, 0.25) is 0 Å². The number of amides is 2. The van der Waals surface area contributed by atoms with Crippen molar-refractivity contribution in [1.29, 1.82) is 0 Å². The highest BCUT2D eigenvalue weighted by molar-refractivity contribution is 5.94. The van der Waals surface area contributed by atoms with Crippen LogP contribution in [0.3, 0.4) is 0 Å². The summed E-state index contributed by atoms with van der Waals surface area (Å²) in [6, 6.07) is 2.25. The lowest BCUT2D eigenvalue weighted by molar-refractivity contribution is 0.0117. The van der Waals surface area contributed by atoms with Gasteiger partial charge in [-0.1, -0.05) is 5.21 Å². The summed E-state index contributed by atoms with van der Waals surface area (Å²) in [7, 11) is 0.